The van der Waals surface area contributed by atoms with Gasteiger partial charge in [0.05, 0.1) is 11.4 Å². The van der Waals surface area contributed by atoms with E-state index in [2.05, 4.69) is 22.1 Å². The van der Waals surface area contributed by atoms with Gasteiger partial charge in [-0.15, -0.1) is 0 Å². The average molecular weight is 285 g/mol. The summed E-state index contributed by atoms with van der Waals surface area (Å²) in [5, 5.41) is 4.22. The Hall–Kier alpha value is -1.88. The first-order valence-electron chi connectivity index (χ1n) is 7.68. The summed E-state index contributed by atoms with van der Waals surface area (Å²) >= 11 is 0. The minimum absolute atomic E-state index is 0.784. The van der Waals surface area contributed by atoms with Crippen LogP contribution < -0.4 is 10.6 Å². The molecule has 1 aliphatic heterocycles. The van der Waals surface area contributed by atoms with Crippen molar-refractivity contribution in [2.75, 3.05) is 24.5 Å². The molecule has 1 saturated heterocycles. The zero-order valence-electron chi connectivity index (χ0n) is 12.6. The Bertz CT molecular complexity index is 584. The number of nitrogens with zero attached hydrogens (tertiary/aromatic N) is 4. The first kappa shape index (κ1) is 14.1. The number of aromatic nitrogens is 3. The summed E-state index contributed by atoms with van der Waals surface area (Å²) in [4.78, 5) is 7.19. The van der Waals surface area contributed by atoms with Gasteiger partial charge in [-0.3, -0.25) is 4.68 Å². The summed E-state index contributed by atoms with van der Waals surface area (Å²) in [7, 11) is 1.95. The van der Waals surface area contributed by atoms with E-state index in [1.165, 1.54) is 12.8 Å². The van der Waals surface area contributed by atoms with Crippen molar-refractivity contribution in [3.05, 3.63) is 30.5 Å². The third-order valence-electron chi connectivity index (χ3n) is 4.33. The SMILES string of the molecule is Cn1nccc1-c1cccc(N2CCC(CCN)CC2)n1. The van der Waals surface area contributed by atoms with Gasteiger partial charge in [-0.25, -0.2) is 4.98 Å². The maximum atomic E-state index is 5.66. The molecule has 0 aromatic carbocycles. The molecule has 0 spiro atoms. The molecule has 1 fully saturated rings. The molecular weight excluding hydrogens is 262 g/mol. The third-order valence-corrected chi connectivity index (χ3v) is 4.33. The lowest BCUT2D eigenvalue weighted by Gasteiger charge is -2.32. The number of aryl methyl sites for hydroxylation is 1. The van der Waals surface area contributed by atoms with Gasteiger partial charge in [-0.2, -0.15) is 5.10 Å². The molecule has 112 valence electrons. The first-order chi connectivity index (χ1) is 10.3. The summed E-state index contributed by atoms with van der Waals surface area (Å²) in [6.45, 7) is 2.96. The van der Waals surface area contributed by atoms with Crippen LogP contribution in [0.1, 0.15) is 19.3 Å². The molecule has 3 rings (SSSR count). The van der Waals surface area contributed by atoms with Crippen molar-refractivity contribution < 1.29 is 0 Å². The van der Waals surface area contributed by atoms with E-state index in [0.717, 1.165) is 49.2 Å². The standard InChI is InChI=1S/C16H23N5/c1-20-15(6-10-18-20)14-3-2-4-16(19-14)21-11-7-13(5-9-17)8-12-21/h2-4,6,10,13H,5,7-9,11-12,17H2,1H3. The van der Waals surface area contributed by atoms with Gasteiger partial charge in [-0.05, 0) is 49.9 Å². The Morgan fingerprint density at radius 3 is 2.71 bits per heavy atom. The van der Waals surface area contributed by atoms with Gasteiger partial charge in [0.25, 0.3) is 0 Å². The van der Waals surface area contributed by atoms with Gasteiger partial charge >= 0.3 is 0 Å². The molecule has 1 aliphatic rings. The number of anilines is 1. The van der Waals surface area contributed by atoms with E-state index in [1.54, 1.807) is 0 Å². The van der Waals surface area contributed by atoms with Gasteiger partial charge in [0.1, 0.15) is 5.82 Å². The van der Waals surface area contributed by atoms with Crippen LogP contribution in [0.3, 0.4) is 0 Å². The van der Waals surface area contributed by atoms with E-state index in [-0.39, 0.29) is 0 Å². The summed E-state index contributed by atoms with van der Waals surface area (Å²) in [5.41, 5.74) is 7.69. The second kappa shape index (κ2) is 6.26. The molecule has 0 bridgehead atoms. The highest BCUT2D eigenvalue weighted by Crippen LogP contribution is 2.25. The number of piperidine rings is 1. The van der Waals surface area contributed by atoms with Crippen molar-refractivity contribution >= 4 is 5.82 Å². The molecule has 2 N–H and O–H groups in total. The second-order valence-electron chi connectivity index (χ2n) is 5.73. The largest absolute Gasteiger partial charge is 0.357 e. The van der Waals surface area contributed by atoms with E-state index in [1.807, 2.05) is 30.1 Å². The number of rotatable bonds is 4. The zero-order chi connectivity index (χ0) is 14.7. The molecule has 0 saturated carbocycles. The van der Waals surface area contributed by atoms with Gasteiger partial charge in [0, 0.05) is 26.3 Å². The zero-order valence-corrected chi connectivity index (χ0v) is 12.6. The summed E-state index contributed by atoms with van der Waals surface area (Å²) in [5.74, 6) is 1.85. The third kappa shape index (κ3) is 3.08. The van der Waals surface area contributed by atoms with E-state index in [4.69, 9.17) is 10.7 Å². The monoisotopic (exact) mass is 285 g/mol. The Balaban J connectivity index is 1.74. The van der Waals surface area contributed by atoms with E-state index >= 15 is 0 Å². The summed E-state index contributed by atoms with van der Waals surface area (Å²) in [6, 6.07) is 8.22. The van der Waals surface area contributed by atoms with Gasteiger partial charge < -0.3 is 10.6 Å². The molecule has 2 aromatic rings. The fourth-order valence-corrected chi connectivity index (χ4v) is 3.05. The van der Waals surface area contributed by atoms with Crippen molar-refractivity contribution in [2.24, 2.45) is 18.7 Å². The highest BCUT2D eigenvalue weighted by atomic mass is 15.3. The Morgan fingerprint density at radius 2 is 2.05 bits per heavy atom. The quantitative estimate of drug-likeness (QED) is 0.934. The molecule has 0 radical (unpaired) electrons. The maximum absolute atomic E-state index is 5.66. The van der Waals surface area contributed by atoms with Crippen LogP contribution in [0.4, 0.5) is 5.82 Å². The molecule has 0 atom stereocenters. The molecular formula is C16H23N5. The lowest BCUT2D eigenvalue weighted by molar-refractivity contribution is 0.385. The Labute approximate surface area is 125 Å². The predicted octanol–water partition coefficient (Wildman–Crippen LogP) is 2.05. The summed E-state index contributed by atoms with van der Waals surface area (Å²) in [6.07, 6.45) is 5.39. The van der Waals surface area contributed by atoms with Gasteiger partial charge in [0.2, 0.25) is 0 Å². The smallest absolute Gasteiger partial charge is 0.129 e. The normalized spacial score (nSPS) is 16.4. The molecule has 0 unspecified atom stereocenters. The maximum Gasteiger partial charge on any atom is 0.129 e. The lowest BCUT2D eigenvalue weighted by atomic mass is 9.93. The molecule has 0 aliphatic carbocycles. The second-order valence-corrected chi connectivity index (χ2v) is 5.73. The van der Waals surface area contributed by atoms with Crippen LogP contribution in [0.2, 0.25) is 0 Å². The highest BCUT2D eigenvalue weighted by Gasteiger charge is 2.19. The van der Waals surface area contributed by atoms with Crippen molar-refractivity contribution in [3.63, 3.8) is 0 Å². The average Bonchev–Trinajstić information content (AvgIpc) is 2.95. The van der Waals surface area contributed by atoms with Crippen LogP contribution in [0, 0.1) is 5.92 Å². The fourth-order valence-electron chi connectivity index (χ4n) is 3.05. The molecule has 5 heteroatoms. The molecule has 0 amide bonds. The molecule has 5 nitrogen and oxygen atoms in total. The van der Waals surface area contributed by atoms with Crippen molar-refractivity contribution in [1.82, 2.24) is 14.8 Å². The number of hydrogen-bond donors (Lipinski definition) is 1. The Kier molecular flexibility index (Phi) is 4.20. The van der Waals surface area contributed by atoms with Crippen LogP contribution in [0.5, 0.6) is 0 Å². The molecule has 3 heterocycles. The van der Waals surface area contributed by atoms with Crippen LogP contribution in [-0.2, 0) is 7.05 Å². The number of nitrogens with two attached hydrogens (primary N) is 1. The fraction of sp³-hybridized carbons (Fsp3) is 0.500. The van der Waals surface area contributed by atoms with Gasteiger partial charge in [0.15, 0.2) is 0 Å². The molecule has 2 aromatic heterocycles. The van der Waals surface area contributed by atoms with Crippen LogP contribution in [0.15, 0.2) is 30.5 Å². The summed E-state index contributed by atoms with van der Waals surface area (Å²) < 4.78 is 1.86. The number of pyridine rings is 1. The topological polar surface area (TPSA) is 60.0 Å². The van der Waals surface area contributed by atoms with Crippen LogP contribution in [0.25, 0.3) is 11.4 Å². The van der Waals surface area contributed by atoms with Crippen molar-refractivity contribution in [1.29, 1.82) is 0 Å². The number of hydrogen-bond acceptors (Lipinski definition) is 4. The van der Waals surface area contributed by atoms with Gasteiger partial charge in [-0.1, -0.05) is 6.07 Å². The van der Waals surface area contributed by atoms with Crippen molar-refractivity contribution in [2.45, 2.75) is 19.3 Å². The molecule has 21 heavy (non-hydrogen) atoms. The minimum atomic E-state index is 0.784. The van der Waals surface area contributed by atoms with E-state index < -0.39 is 0 Å². The lowest BCUT2D eigenvalue weighted by Crippen LogP contribution is -2.34. The minimum Gasteiger partial charge on any atom is -0.357 e. The van der Waals surface area contributed by atoms with E-state index in [9.17, 15) is 0 Å². The Morgan fingerprint density at radius 1 is 1.24 bits per heavy atom. The first-order valence-corrected chi connectivity index (χ1v) is 7.68. The highest BCUT2D eigenvalue weighted by molar-refractivity contribution is 5.57. The van der Waals surface area contributed by atoms with Crippen molar-refractivity contribution in [3.8, 4) is 11.4 Å². The van der Waals surface area contributed by atoms with Crippen LogP contribution >= 0.6 is 0 Å². The van der Waals surface area contributed by atoms with Crippen LogP contribution in [-0.4, -0.2) is 34.4 Å². The van der Waals surface area contributed by atoms with E-state index in [0.29, 0.717) is 0 Å². The predicted molar refractivity (Wildman–Crippen MR) is 85.0 cm³/mol.